The molecule has 5 nitrogen and oxygen atoms in total. The van der Waals surface area contributed by atoms with Gasteiger partial charge in [0.15, 0.2) is 11.6 Å². The molecule has 0 aliphatic rings. The molecule has 0 aliphatic heterocycles. The summed E-state index contributed by atoms with van der Waals surface area (Å²) >= 11 is 0. The smallest absolute Gasteiger partial charge is 0.305 e. The van der Waals surface area contributed by atoms with Crippen LogP contribution >= 0.6 is 0 Å². The van der Waals surface area contributed by atoms with Crippen molar-refractivity contribution in [2.45, 2.75) is 19.9 Å². The van der Waals surface area contributed by atoms with Gasteiger partial charge in [0.1, 0.15) is 0 Å². The number of aromatic nitrogens is 2. The lowest BCUT2D eigenvalue weighted by Crippen LogP contribution is -2.07. The molecule has 1 aromatic heterocycles. The SMILES string of the molecule is CCOc1nc2cc(F)c(F)cc2n1CCC(=O)O. The summed E-state index contributed by atoms with van der Waals surface area (Å²) < 4.78 is 33.1. The monoisotopic (exact) mass is 270 g/mol. The summed E-state index contributed by atoms with van der Waals surface area (Å²) in [6.07, 6.45) is -0.162. The molecule has 0 bridgehead atoms. The van der Waals surface area contributed by atoms with Crippen LogP contribution in [0.5, 0.6) is 6.01 Å². The summed E-state index contributed by atoms with van der Waals surface area (Å²) in [6, 6.07) is 2.11. The normalized spacial score (nSPS) is 10.9. The van der Waals surface area contributed by atoms with Crippen LogP contribution in [-0.2, 0) is 11.3 Å². The highest BCUT2D eigenvalue weighted by atomic mass is 19.2. The van der Waals surface area contributed by atoms with Crippen LogP contribution in [0.2, 0.25) is 0 Å². The summed E-state index contributed by atoms with van der Waals surface area (Å²) in [6.45, 7) is 2.13. The Morgan fingerprint density at radius 1 is 1.42 bits per heavy atom. The van der Waals surface area contributed by atoms with E-state index in [0.717, 1.165) is 12.1 Å². The van der Waals surface area contributed by atoms with Gasteiger partial charge < -0.3 is 9.84 Å². The van der Waals surface area contributed by atoms with Crippen molar-refractivity contribution in [3.05, 3.63) is 23.8 Å². The van der Waals surface area contributed by atoms with Crippen molar-refractivity contribution in [3.63, 3.8) is 0 Å². The third-order valence-corrected chi connectivity index (χ3v) is 2.58. The van der Waals surface area contributed by atoms with Crippen LogP contribution in [-0.4, -0.2) is 27.2 Å². The number of nitrogens with zero attached hydrogens (tertiary/aromatic N) is 2. The van der Waals surface area contributed by atoms with E-state index >= 15 is 0 Å². The van der Waals surface area contributed by atoms with E-state index in [1.807, 2.05) is 0 Å². The summed E-state index contributed by atoms with van der Waals surface area (Å²) in [4.78, 5) is 14.6. The highest BCUT2D eigenvalue weighted by molar-refractivity contribution is 5.77. The van der Waals surface area contributed by atoms with Crippen LogP contribution in [0.3, 0.4) is 0 Å². The zero-order valence-electron chi connectivity index (χ0n) is 10.2. The molecule has 1 N–H and O–H groups in total. The van der Waals surface area contributed by atoms with E-state index < -0.39 is 17.6 Å². The van der Waals surface area contributed by atoms with Gasteiger partial charge in [-0.2, -0.15) is 4.98 Å². The molecule has 0 spiro atoms. The first-order valence-corrected chi connectivity index (χ1v) is 5.72. The van der Waals surface area contributed by atoms with E-state index in [-0.39, 0.29) is 24.5 Å². The third-order valence-electron chi connectivity index (χ3n) is 2.58. The van der Waals surface area contributed by atoms with Gasteiger partial charge in [-0.15, -0.1) is 0 Å². The maximum absolute atomic E-state index is 13.2. The van der Waals surface area contributed by atoms with E-state index in [2.05, 4.69) is 4.98 Å². The van der Waals surface area contributed by atoms with Crippen molar-refractivity contribution in [3.8, 4) is 6.01 Å². The van der Waals surface area contributed by atoms with Gasteiger partial charge in [0.25, 0.3) is 6.01 Å². The zero-order chi connectivity index (χ0) is 14.0. The lowest BCUT2D eigenvalue weighted by atomic mass is 10.3. The van der Waals surface area contributed by atoms with Gasteiger partial charge in [0, 0.05) is 18.7 Å². The molecular formula is C12H12F2N2O3. The van der Waals surface area contributed by atoms with E-state index in [0.29, 0.717) is 12.1 Å². The van der Waals surface area contributed by atoms with Gasteiger partial charge in [-0.05, 0) is 6.92 Å². The molecule has 0 unspecified atom stereocenters. The Bertz CT molecular complexity index is 625. The first kappa shape index (κ1) is 13.3. The second kappa shape index (κ2) is 5.21. The quantitative estimate of drug-likeness (QED) is 0.904. The Morgan fingerprint density at radius 2 is 2.11 bits per heavy atom. The molecule has 1 aromatic carbocycles. The number of benzene rings is 1. The number of fused-ring (bicyclic) bond motifs is 1. The number of carboxylic acid groups (broad SMARTS) is 1. The number of halogens is 2. The highest BCUT2D eigenvalue weighted by Gasteiger charge is 2.15. The Labute approximate surface area is 107 Å². The molecule has 7 heteroatoms. The molecule has 0 fully saturated rings. The first-order valence-electron chi connectivity index (χ1n) is 5.72. The predicted molar refractivity (Wildman–Crippen MR) is 63.1 cm³/mol. The molecule has 19 heavy (non-hydrogen) atoms. The van der Waals surface area contributed by atoms with Crippen molar-refractivity contribution in [2.24, 2.45) is 0 Å². The van der Waals surface area contributed by atoms with E-state index in [1.165, 1.54) is 4.57 Å². The Kier molecular flexibility index (Phi) is 3.64. The number of rotatable bonds is 5. The number of carbonyl (C=O) groups is 1. The van der Waals surface area contributed by atoms with Gasteiger partial charge in [-0.3, -0.25) is 9.36 Å². The lowest BCUT2D eigenvalue weighted by molar-refractivity contribution is -0.137. The van der Waals surface area contributed by atoms with E-state index in [1.54, 1.807) is 6.92 Å². The molecular weight excluding hydrogens is 258 g/mol. The molecule has 0 saturated carbocycles. The molecule has 102 valence electrons. The molecule has 2 aromatic rings. The summed E-state index contributed by atoms with van der Waals surface area (Å²) in [5, 5.41) is 8.70. The number of hydrogen-bond acceptors (Lipinski definition) is 3. The van der Waals surface area contributed by atoms with Gasteiger partial charge in [-0.25, -0.2) is 8.78 Å². The van der Waals surface area contributed by atoms with Gasteiger partial charge in [0.2, 0.25) is 0 Å². The summed E-state index contributed by atoms with van der Waals surface area (Å²) in [5.41, 5.74) is 0.538. The predicted octanol–water partition coefficient (Wildman–Crippen LogP) is 2.19. The zero-order valence-corrected chi connectivity index (χ0v) is 10.2. The Balaban J connectivity index is 2.51. The lowest BCUT2D eigenvalue weighted by Gasteiger charge is -2.07. The highest BCUT2D eigenvalue weighted by Crippen LogP contribution is 2.24. The van der Waals surface area contributed by atoms with Crippen LogP contribution in [0.25, 0.3) is 11.0 Å². The standard InChI is InChI=1S/C12H12F2N2O3/c1-2-19-12-15-9-5-7(13)8(14)6-10(9)16(12)4-3-11(17)18/h5-6H,2-4H2,1H3,(H,17,18). The molecule has 0 atom stereocenters. The van der Waals surface area contributed by atoms with Gasteiger partial charge in [0.05, 0.1) is 24.1 Å². The van der Waals surface area contributed by atoms with Crippen LogP contribution in [0, 0.1) is 11.6 Å². The van der Waals surface area contributed by atoms with Crippen LogP contribution < -0.4 is 4.74 Å². The minimum atomic E-state index is -1.01. The largest absolute Gasteiger partial charge is 0.481 e. The van der Waals surface area contributed by atoms with Crippen molar-refractivity contribution in [1.29, 1.82) is 0 Å². The third kappa shape index (κ3) is 2.64. The molecule has 2 rings (SSSR count). The second-order valence-corrected chi connectivity index (χ2v) is 3.88. The van der Waals surface area contributed by atoms with Crippen molar-refractivity contribution < 1.29 is 23.4 Å². The number of carboxylic acids is 1. The summed E-state index contributed by atoms with van der Waals surface area (Å²) in [5.74, 6) is -3.00. The maximum atomic E-state index is 13.2. The van der Waals surface area contributed by atoms with Crippen molar-refractivity contribution in [1.82, 2.24) is 9.55 Å². The van der Waals surface area contributed by atoms with Crippen molar-refractivity contribution >= 4 is 17.0 Å². The Hall–Kier alpha value is -2.18. The van der Waals surface area contributed by atoms with Crippen LogP contribution in [0.4, 0.5) is 8.78 Å². The molecule has 0 aliphatic carbocycles. The van der Waals surface area contributed by atoms with Gasteiger partial charge >= 0.3 is 5.97 Å². The van der Waals surface area contributed by atoms with Crippen LogP contribution in [0.15, 0.2) is 12.1 Å². The fraction of sp³-hybridized carbons (Fsp3) is 0.333. The fourth-order valence-electron chi connectivity index (χ4n) is 1.76. The Morgan fingerprint density at radius 3 is 2.74 bits per heavy atom. The molecule has 0 saturated heterocycles. The number of ether oxygens (including phenoxy) is 1. The number of hydrogen-bond donors (Lipinski definition) is 1. The maximum Gasteiger partial charge on any atom is 0.305 e. The minimum absolute atomic E-state index is 0.0756. The number of aryl methyl sites for hydroxylation is 1. The van der Waals surface area contributed by atoms with Crippen molar-refractivity contribution in [2.75, 3.05) is 6.61 Å². The molecule has 0 amide bonds. The van der Waals surface area contributed by atoms with Crippen LogP contribution in [0.1, 0.15) is 13.3 Å². The van der Waals surface area contributed by atoms with E-state index in [9.17, 15) is 13.6 Å². The fourth-order valence-corrected chi connectivity index (χ4v) is 1.76. The van der Waals surface area contributed by atoms with E-state index in [4.69, 9.17) is 9.84 Å². The topological polar surface area (TPSA) is 64.4 Å². The number of imidazole rings is 1. The number of aliphatic carboxylic acids is 1. The summed E-state index contributed by atoms with van der Waals surface area (Å²) in [7, 11) is 0. The second-order valence-electron chi connectivity index (χ2n) is 3.88. The minimum Gasteiger partial charge on any atom is -0.481 e. The first-order chi connectivity index (χ1) is 9.02. The molecule has 0 radical (unpaired) electrons. The molecule has 1 heterocycles. The average Bonchev–Trinajstić information content (AvgIpc) is 2.65. The average molecular weight is 270 g/mol. The van der Waals surface area contributed by atoms with Gasteiger partial charge in [-0.1, -0.05) is 0 Å².